The van der Waals surface area contributed by atoms with Crippen LogP contribution in [0.25, 0.3) is 0 Å². The van der Waals surface area contributed by atoms with E-state index in [9.17, 15) is 9.59 Å². The molecule has 1 fully saturated rings. The minimum atomic E-state index is -0.224. The van der Waals surface area contributed by atoms with Gasteiger partial charge in [0.05, 0.1) is 25.7 Å². The van der Waals surface area contributed by atoms with E-state index in [1.54, 1.807) is 24.3 Å². The summed E-state index contributed by atoms with van der Waals surface area (Å²) in [7, 11) is 0. The number of hydrogen-bond donors (Lipinski definition) is 3. The van der Waals surface area contributed by atoms with Gasteiger partial charge in [-0.3, -0.25) is 9.59 Å². The number of quaternary nitrogens is 1. The highest BCUT2D eigenvalue weighted by Crippen LogP contribution is 2.00. The Kier molecular flexibility index (Phi) is 5.80. The molecular formula is C20H24N3O2+. The van der Waals surface area contributed by atoms with Crippen molar-refractivity contribution in [3.05, 3.63) is 71.8 Å². The Labute approximate surface area is 148 Å². The fourth-order valence-electron chi connectivity index (χ4n) is 3.23. The minimum Gasteiger partial charge on any atom is -0.346 e. The second kappa shape index (κ2) is 8.44. The maximum atomic E-state index is 12.1. The first-order chi connectivity index (χ1) is 12.2. The van der Waals surface area contributed by atoms with Gasteiger partial charge in [-0.25, -0.2) is 0 Å². The Morgan fingerprint density at radius 3 is 2.40 bits per heavy atom. The zero-order valence-electron chi connectivity index (χ0n) is 14.2. The number of amides is 2. The molecule has 0 aromatic heterocycles. The number of carbonyl (C=O) groups is 2. The van der Waals surface area contributed by atoms with Crippen molar-refractivity contribution in [2.24, 2.45) is 0 Å². The van der Waals surface area contributed by atoms with E-state index in [4.69, 9.17) is 0 Å². The SMILES string of the molecule is O=C(CNC(=O)c1ccccc1)N[C@@H]1CC[NH+](Cc2ccccc2)C1. The molecule has 1 saturated heterocycles. The van der Waals surface area contributed by atoms with E-state index in [-0.39, 0.29) is 24.4 Å². The van der Waals surface area contributed by atoms with Crippen LogP contribution in [-0.4, -0.2) is 37.5 Å². The van der Waals surface area contributed by atoms with Gasteiger partial charge in [0.15, 0.2) is 0 Å². The molecule has 1 heterocycles. The van der Waals surface area contributed by atoms with Crippen molar-refractivity contribution in [3.8, 4) is 0 Å². The van der Waals surface area contributed by atoms with Crippen LogP contribution in [0, 0.1) is 0 Å². The summed E-state index contributed by atoms with van der Waals surface area (Å²) in [6.07, 6.45) is 0.973. The van der Waals surface area contributed by atoms with Crippen molar-refractivity contribution in [2.45, 2.75) is 19.0 Å². The molecule has 0 spiro atoms. The number of benzene rings is 2. The summed E-state index contributed by atoms with van der Waals surface area (Å²) >= 11 is 0. The van der Waals surface area contributed by atoms with Gasteiger partial charge in [0.1, 0.15) is 6.54 Å². The standard InChI is InChI=1S/C20H23N3O2/c24-19(13-21-20(25)17-9-5-2-6-10-17)22-18-11-12-23(15-18)14-16-7-3-1-4-8-16/h1-10,18H,11-15H2,(H,21,25)(H,22,24)/p+1/t18-/m1/s1. The van der Waals surface area contributed by atoms with Crippen LogP contribution in [-0.2, 0) is 11.3 Å². The molecular weight excluding hydrogens is 314 g/mol. The topological polar surface area (TPSA) is 62.6 Å². The number of carbonyl (C=O) groups excluding carboxylic acids is 2. The maximum Gasteiger partial charge on any atom is 0.251 e. The summed E-state index contributed by atoms with van der Waals surface area (Å²) in [6.45, 7) is 2.97. The second-order valence-corrected chi connectivity index (χ2v) is 6.47. The third kappa shape index (κ3) is 5.16. The van der Waals surface area contributed by atoms with E-state index in [1.807, 2.05) is 12.1 Å². The van der Waals surface area contributed by atoms with Gasteiger partial charge < -0.3 is 15.5 Å². The third-order valence-electron chi connectivity index (χ3n) is 4.49. The lowest BCUT2D eigenvalue weighted by Gasteiger charge is -2.14. The van der Waals surface area contributed by atoms with E-state index in [0.717, 1.165) is 26.1 Å². The Hall–Kier alpha value is -2.66. The molecule has 0 aliphatic carbocycles. The number of rotatable bonds is 6. The summed E-state index contributed by atoms with van der Waals surface area (Å²) in [5.74, 6) is -0.353. The first kappa shape index (κ1) is 17.2. The lowest BCUT2D eigenvalue weighted by molar-refractivity contribution is -0.901. The van der Waals surface area contributed by atoms with Crippen LogP contribution in [0.5, 0.6) is 0 Å². The van der Waals surface area contributed by atoms with Crippen LogP contribution in [0.1, 0.15) is 22.3 Å². The maximum absolute atomic E-state index is 12.1. The molecule has 0 saturated carbocycles. The van der Waals surface area contributed by atoms with Crippen molar-refractivity contribution in [1.29, 1.82) is 0 Å². The first-order valence-electron chi connectivity index (χ1n) is 8.71. The zero-order valence-corrected chi connectivity index (χ0v) is 14.2. The highest BCUT2D eigenvalue weighted by Gasteiger charge is 2.27. The lowest BCUT2D eigenvalue weighted by atomic mass is 10.2. The monoisotopic (exact) mass is 338 g/mol. The van der Waals surface area contributed by atoms with Crippen LogP contribution in [0.15, 0.2) is 60.7 Å². The Morgan fingerprint density at radius 2 is 1.68 bits per heavy atom. The summed E-state index contributed by atoms with van der Waals surface area (Å²) < 4.78 is 0. The molecule has 0 bridgehead atoms. The average Bonchev–Trinajstić information content (AvgIpc) is 3.08. The van der Waals surface area contributed by atoms with Crippen LogP contribution >= 0.6 is 0 Å². The number of nitrogens with one attached hydrogen (secondary N) is 3. The van der Waals surface area contributed by atoms with Crippen LogP contribution in [0.4, 0.5) is 0 Å². The quantitative estimate of drug-likeness (QED) is 0.714. The first-order valence-corrected chi connectivity index (χ1v) is 8.71. The fraction of sp³-hybridized carbons (Fsp3) is 0.300. The molecule has 2 amide bonds. The molecule has 5 nitrogen and oxygen atoms in total. The highest BCUT2D eigenvalue weighted by molar-refractivity contribution is 5.96. The second-order valence-electron chi connectivity index (χ2n) is 6.47. The number of likely N-dealkylation sites (tertiary alicyclic amines) is 1. The largest absolute Gasteiger partial charge is 0.346 e. The van der Waals surface area contributed by atoms with E-state index >= 15 is 0 Å². The van der Waals surface area contributed by atoms with Crippen molar-refractivity contribution in [1.82, 2.24) is 10.6 Å². The van der Waals surface area contributed by atoms with Crippen LogP contribution in [0.3, 0.4) is 0 Å². The summed E-state index contributed by atoms with van der Waals surface area (Å²) in [5, 5.41) is 5.69. The molecule has 130 valence electrons. The molecule has 25 heavy (non-hydrogen) atoms. The molecule has 3 rings (SSSR count). The lowest BCUT2D eigenvalue weighted by Crippen LogP contribution is -3.09. The third-order valence-corrected chi connectivity index (χ3v) is 4.49. The van der Waals surface area contributed by atoms with Crippen LogP contribution < -0.4 is 15.5 Å². The van der Waals surface area contributed by atoms with Gasteiger partial charge in [-0.2, -0.15) is 0 Å². The van der Waals surface area contributed by atoms with E-state index in [2.05, 4.69) is 34.9 Å². The summed E-state index contributed by atoms with van der Waals surface area (Å²) in [4.78, 5) is 25.5. The van der Waals surface area contributed by atoms with Gasteiger partial charge in [0.25, 0.3) is 5.91 Å². The average molecular weight is 338 g/mol. The molecule has 2 aromatic carbocycles. The Morgan fingerprint density at radius 1 is 1.00 bits per heavy atom. The molecule has 0 radical (unpaired) electrons. The van der Waals surface area contributed by atoms with Gasteiger partial charge in [0.2, 0.25) is 5.91 Å². The zero-order chi connectivity index (χ0) is 17.5. The normalized spacial score (nSPS) is 19.4. The van der Waals surface area contributed by atoms with Gasteiger partial charge in [-0.1, -0.05) is 48.5 Å². The molecule has 3 N–H and O–H groups in total. The number of hydrogen-bond acceptors (Lipinski definition) is 2. The molecule has 2 aromatic rings. The summed E-state index contributed by atoms with van der Waals surface area (Å²) in [5.41, 5.74) is 1.88. The smallest absolute Gasteiger partial charge is 0.251 e. The predicted molar refractivity (Wildman–Crippen MR) is 96.2 cm³/mol. The van der Waals surface area contributed by atoms with Crippen molar-refractivity contribution < 1.29 is 14.5 Å². The van der Waals surface area contributed by atoms with Gasteiger partial charge in [0, 0.05) is 17.5 Å². The Bertz CT molecular complexity index is 703. The molecule has 1 aliphatic rings. The minimum absolute atomic E-state index is 0.0121. The molecule has 2 atom stereocenters. The molecule has 5 heteroatoms. The van der Waals surface area contributed by atoms with E-state index in [0.29, 0.717) is 5.56 Å². The van der Waals surface area contributed by atoms with Gasteiger partial charge in [-0.05, 0) is 12.1 Å². The van der Waals surface area contributed by atoms with Crippen molar-refractivity contribution in [2.75, 3.05) is 19.6 Å². The summed E-state index contributed by atoms with van der Waals surface area (Å²) in [6, 6.07) is 19.5. The van der Waals surface area contributed by atoms with Crippen molar-refractivity contribution in [3.63, 3.8) is 0 Å². The van der Waals surface area contributed by atoms with Gasteiger partial charge >= 0.3 is 0 Å². The van der Waals surface area contributed by atoms with Crippen LogP contribution in [0.2, 0.25) is 0 Å². The predicted octanol–water partition coefficient (Wildman–Crippen LogP) is 0.390. The Balaban J connectivity index is 1.39. The van der Waals surface area contributed by atoms with Crippen molar-refractivity contribution >= 4 is 11.8 Å². The van der Waals surface area contributed by atoms with Gasteiger partial charge in [-0.15, -0.1) is 0 Å². The van der Waals surface area contributed by atoms with E-state index in [1.165, 1.54) is 10.5 Å². The molecule has 1 aliphatic heterocycles. The molecule has 1 unspecified atom stereocenters. The van der Waals surface area contributed by atoms with E-state index < -0.39 is 0 Å². The highest BCUT2D eigenvalue weighted by atomic mass is 16.2. The fourth-order valence-corrected chi connectivity index (χ4v) is 3.23.